The molecular weight excluding hydrogens is 308 g/mol. The molecule has 0 unspecified atom stereocenters. The summed E-state index contributed by atoms with van der Waals surface area (Å²) in [6.45, 7) is 3.05. The third kappa shape index (κ3) is 3.84. The van der Waals surface area contributed by atoms with Crippen LogP contribution in [0.15, 0.2) is 10.8 Å². The Morgan fingerprint density at radius 3 is 2.68 bits per heavy atom. The number of hydrogen-bond donors (Lipinski definition) is 1. The monoisotopic (exact) mass is 330 g/mol. The lowest BCUT2D eigenvalue weighted by Gasteiger charge is -2.22. The van der Waals surface area contributed by atoms with Gasteiger partial charge in [0.25, 0.3) is 5.91 Å². The van der Waals surface area contributed by atoms with Gasteiger partial charge in [0.2, 0.25) is 15.8 Å². The summed E-state index contributed by atoms with van der Waals surface area (Å²) in [5.74, 6) is -0.169. The van der Waals surface area contributed by atoms with Gasteiger partial charge in [-0.2, -0.15) is 4.31 Å². The summed E-state index contributed by atoms with van der Waals surface area (Å²) >= 11 is 0. The van der Waals surface area contributed by atoms with Crippen LogP contribution in [0.4, 0.5) is 0 Å². The van der Waals surface area contributed by atoms with Gasteiger partial charge in [-0.25, -0.2) is 13.4 Å². The highest BCUT2D eigenvalue weighted by atomic mass is 32.2. The van der Waals surface area contributed by atoms with E-state index in [0.717, 1.165) is 0 Å². The lowest BCUT2D eigenvalue weighted by Crippen LogP contribution is -2.43. The van der Waals surface area contributed by atoms with E-state index >= 15 is 0 Å². The number of nitrogens with zero attached hydrogens (tertiary/aromatic N) is 3. The van der Waals surface area contributed by atoms with Gasteiger partial charge in [0, 0.05) is 31.6 Å². The quantitative estimate of drug-likeness (QED) is 0.784. The van der Waals surface area contributed by atoms with E-state index < -0.39 is 10.0 Å². The zero-order valence-corrected chi connectivity index (χ0v) is 14.1. The molecule has 124 valence electrons. The first-order valence-electron chi connectivity index (χ1n) is 6.99. The Bertz CT molecular complexity index is 640. The van der Waals surface area contributed by atoms with Crippen molar-refractivity contribution in [2.75, 3.05) is 40.0 Å². The topological polar surface area (TPSA) is 95.7 Å². The van der Waals surface area contributed by atoms with Gasteiger partial charge in [-0.3, -0.25) is 4.79 Å². The number of oxazole rings is 1. The van der Waals surface area contributed by atoms with E-state index in [2.05, 4.69) is 10.3 Å². The number of sulfonamides is 1. The lowest BCUT2D eigenvalue weighted by atomic mass is 10.0. The molecule has 2 rings (SSSR count). The number of aryl methyl sites for hydroxylation is 1. The van der Waals surface area contributed by atoms with Crippen LogP contribution in [0.2, 0.25) is 0 Å². The Labute approximate surface area is 130 Å². The van der Waals surface area contributed by atoms with Crippen molar-refractivity contribution in [2.24, 2.45) is 5.92 Å². The van der Waals surface area contributed by atoms with Crippen LogP contribution in [-0.2, 0) is 10.0 Å². The van der Waals surface area contributed by atoms with Gasteiger partial charge in [-0.05, 0) is 21.0 Å². The maximum absolute atomic E-state index is 12.2. The van der Waals surface area contributed by atoms with Gasteiger partial charge < -0.3 is 14.6 Å². The van der Waals surface area contributed by atoms with E-state index in [-0.39, 0.29) is 30.2 Å². The second-order valence-electron chi connectivity index (χ2n) is 5.95. The second kappa shape index (κ2) is 6.35. The zero-order valence-electron chi connectivity index (χ0n) is 13.2. The molecule has 0 aromatic carbocycles. The molecule has 1 aliphatic rings. The van der Waals surface area contributed by atoms with E-state index in [1.165, 1.54) is 17.0 Å². The molecule has 2 heterocycles. The van der Waals surface area contributed by atoms with Crippen molar-refractivity contribution < 1.29 is 17.6 Å². The maximum Gasteiger partial charge on any atom is 0.289 e. The van der Waals surface area contributed by atoms with Gasteiger partial charge >= 0.3 is 0 Å². The average Bonchev–Trinajstić information content (AvgIpc) is 2.95. The molecule has 1 amide bonds. The van der Waals surface area contributed by atoms with Gasteiger partial charge in [-0.15, -0.1) is 0 Å². The number of aromatic nitrogens is 1. The molecule has 9 heteroatoms. The van der Waals surface area contributed by atoms with Crippen molar-refractivity contribution in [3.05, 3.63) is 17.8 Å². The Morgan fingerprint density at radius 2 is 2.18 bits per heavy atom. The summed E-state index contributed by atoms with van der Waals surface area (Å²) in [4.78, 5) is 18.1. The number of rotatable bonds is 5. The standard InChI is InChI=1S/C13H22N4O4S/c1-9-12(21-8-14-9)13(18)15-11-7-17(22(4,19)20)6-10(11)5-16(2)3/h8,10-11H,5-7H2,1-4H3,(H,15,18)/t10-,11-/m1/s1. The number of hydrogen-bond acceptors (Lipinski definition) is 6. The Balaban J connectivity index is 2.12. The first-order valence-corrected chi connectivity index (χ1v) is 8.84. The fraction of sp³-hybridized carbons (Fsp3) is 0.692. The molecule has 0 bridgehead atoms. The highest BCUT2D eigenvalue weighted by Crippen LogP contribution is 2.21. The molecule has 0 spiro atoms. The second-order valence-corrected chi connectivity index (χ2v) is 7.93. The predicted molar refractivity (Wildman–Crippen MR) is 81.0 cm³/mol. The number of carbonyl (C=O) groups is 1. The molecule has 2 atom stereocenters. The first kappa shape index (κ1) is 16.9. The van der Waals surface area contributed by atoms with Crippen LogP contribution in [0.25, 0.3) is 0 Å². The minimum absolute atomic E-state index is 0.0249. The van der Waals surface area contributed by atoms with Crippen LogP contribution in [0.5, 0.6) is 0 Å². The van der Waals surface area contributed by atoms with E-state index in [9.17, 15) is 13.2 Å². The van der Waals surface area contributed by atoms with Crippen molar-refractivity contribution in [1.29, 1.82) is 0 Å². The largest absolute Gasteiger partial charge is 0.438 e. The number of nitrogens with one attached hydrogen (secondary N) is 1. The minimum atomic E-state index is -3.27. The molecular formula is C13H22N4O4S. The van der Waals surface area contributed by atoms with Gasteiger partial charge in [-0.1, -0.05) is 0 Å². The summed E-state index contributed by atoms with van der Waals surface area (Å²) in [5.41, 5.74) is 0.514. The Kier molecular flexibility index (Phi) is 4.88. The smallest absolute Gasteiger partial charge is 0.289 e. The number of amides is 1. The molecule has 1 aromatic rings. The van der Waals surface area contributed by atoms with Crippen molar-refractivity contribution in [3.8, 4) is 0 Å². The molecule has 0 aliphatic carbocycles. The number of carbonyl (C=O) groups excluding carboxylic acids is 1. The predicted octanol–water partition coefficient (Wildman–Crippen LogP) is -0.466. The van der Waals surface area contributed by atoms with Crippen LogP contribution in [0.1, 0.15) is 16.2 Å². The van der Waals surface area contributed by atoms with Crippen molar-refractivity contribution in [1.82, 2.24) is 19.5 Å². The molecule has 1 aromatic heterocycles. The molecule has 22 heavy (non-hydrogen) atoms. The molecule has 1 fully saturated rings. The van der Waals surface area contributed by atoms with E-state index in [0.29, 0.717) is 18.8 Å². The fourth-order valence-electron chi connectivity index (χ4n) is 2.67. The fourth-order valence-corrected chi connectivity index (χ4v) is 3.57. The van der Waals surface area contributed by atoms with Crippen LogP contribution >= 0.6 is 0 Å². The Hall–Kier alpha value is -1.45. The summed E-state index contributed by atoms with van der Waals surface area (Å²) < 4.78 is 30.0. The molecule has 0 saturated carbocycles. The summed E-state index contributed by atoms with van der Waals surface area (Å²) in [6, 6.07) is -0.255. The molecule has 8 nitrogen and oxygen atoms in total. The van der Waals surface area contributed by atoms with Crippen molar-refractivity contribution >= 4 is 15.9 Å². The normalized spacial score (nSPS) is 23.1. The Morgan fingerprint density at radius 1 is 1.50 bits per heavy atom. The van der Waals surface area contributed by atoms with Crippen LogP contribution in [0, 0.1) is 12.8 Å². The molecule has 0 radical (unpaired) electrons. The maximum atomic E-state index is 12.2. The average molecular weight is 330 g/mol. The van der Waals surface area contributed by atoms with Crippen LogP contribution < -0.4 is 5.32 Å². The highest BCUT2D eigenvalue weighted by molar-refractivity contribution is 7.88. The van der Waals surface area contributed by atoms with Crippen molar-refractivity contribution in [2.45, 2.75) is 13.0 Å². The summed E-state index contributed by atoms with van der Waals surface area (Å²) in [5, 5.41) is 2.87. The van der Waals surface area contributed by atoms with Crippen molar-refractivity contribution in [3.63, 3.8) is 0 Å². The van der Waals surface area contributed by atoms with Crippen LogP contribution in [0.3, 0.4) is 0 Å². The van der Waals surface area contributed by atoms with Crippen LogP contribution in [-0.4, -0.2) is 74.5 Å². The van der Waals surface area contributed by atoms with Gasteiger partial charge in [0.05, 0.1) is 11.9 Å². The molecule has 1 saturated heterocycles. The lowest BCUT2D eigenvalue weighted by molar-refractivity contribution is 0.0898. The van der Waals surface area contributed by atoms with E-state index in [1.807, 2.05) is 19.0 Å². The summed E-state index contributed by atoms with van der Waals surface area (Å²) in [7, 11) is 0.564. The van der Waals surface area contributed by atoms with Gasteiger partial charge in [0.1, 0.15) is 0 Å². The minimum Gasteiger partial charge on any atom is -0.438 e. The molecule has 1 N–H and O–H groups in total. The summed E-state index contributed by atoms with van der Waals surface area (Å²) in [6.07, 6.45) is 2.41. The van der Waals surface area contributed by atoms with E-state index in [4.69, 9.17) is 4.42 Å². The zero-order chi connectivity index (χ0) is 16.5. The highest BCUT2D eigenvalue weighted by Gasteiger charge is 2.38. The third-order valence-corrected chi connectivity index (χ3v) is 4.98. The van der Waals surface area contributed by atoms with E-state index in [1.54, 1.807) is 6.92 Å². The SMILES string of the molecule is Cc1ncoc1C(=O)N[C@@H]1CN(S(C)(=O)=O)C[C@H]1CN(C)C. The van der Waals surface area contributed by atoms with Gasteiger partial charge in [0.15, 0.2) is 6.39 Å². The third-order valence-electron chi connectivity index (χ3n) is 3.74. The first-order chi connectivity index (χ1) is 10.2. The molecule has 1 aliphatic heterocycles.